The Hall–Kier alpha value is -3.19. The number of amides is 1. The zero-order valence-electron chi connectivity index (χ0n) is 16.8. The molecule has 4 heterocycles. The molecule has 1 aromatic carbocycles. The van der Waals surface area contributed by atoms with Crippen molar-refractivity contribution in [1.82, 2.24) is 19.7 Å². The van der Waals surface area contributed by atoms with E-state index in [0.29, 0.717) is 18.2 Å². The van der Waals surface area contributed by atoms with Crippen LogP contribution in [0.15, 0.2) is 60.2 Å². The summed E-state index contributed by atoms with van der Waals surface area (Å²) in [4.78, 5) is 24.2. The van der Waals surface area contributed by atoms with Gasteiger partial charge in [-0.1, -0.05) is 30.3 Å². The summed E-state index contributed by atoms with van der Waals surface area (Å²) in [6.45, 7) is 4.52. The van der Waals surface area contributed by atoms with Gasteiger partial charge in [-0.15, -0.1) is 11.3 Å². The highest BCUT2D eigenvalue weighted by atomic mass is 32.1. The van der Waals surface area contributed by atoms with Gasteiger partial charge in [0.2, 0.25) is 0 Å². The number of carbonyl (C=O) groups excluding carboxylic acids is 1. The molecule has 0 saturated carbocycles. The van der Waals surface area contributed by atoms with Crippen LogP contribution in [0.4, 0.5) is 5.82 Å². The van der Waals surface area contributed by atoms with Gasteiger partial charge in [-0.05, 0) is 31.4 Å². The first kappa shape index (κ1) is 18.8. The molecule has 1 atom stereocenters. The van der Waals surface area contributed by atoms with Gasteiger partial charge in [0.05, 0.1) is 11.2 Å². The predicted molar refractivity (Wildman–Crippen MR) is 120 cm³/mol. The lowest BCUT2D eigenvalue weighted by Crippen LogP contribution is -2.31. The van der Waals surface area contributed by atoms with Crippen LogP contribution in [-0.4, -0.2) is 39.9 Å². The summed E-state index contributed by atoms with van der Waals surface area (Å²) in [6.07, 6.45) is 5.14. The van der Waals surface area contributed by atoms with E-state index in [4.69, 9.17) is 4.98 Å². The van der Waals surface area contributed by atoms with E-state index in [0.717, 1.165) is 47.1 Å². The smallest absolute Gasteiger partial charge is 0.270 e. The summed E-state index contributed by atoms with van der Waals surface area (Å²) in [5.41, 5.74) is 3.66. The number of aryl methyl sites for hydroxylation is 1. The SMILES string of the molecule is Cc1cn2cccc2c(N2CCC(CNC(=O)c3csc(-c4ccccc4)n3)C2)n1. The number of aromatic nitrogens is 3. The quantitative estimate of drug-likeness (QED) is 0.533. The molecule has 7 heteroatoms. The number of carbonyl (C=O) groups is 1. The van der Waals surface area contributed by atoms with Crippen molar-refractivity contribution in [3.63, 3.8) is 0 Å². The van der Waals surface area contributed by atoms with E-state index in [1.54, 1.807) is 0 Å². The number of nitrogens with one attached hydrogen (secondary N) is 1. The lowest BCUT2D eigenvalue weighted by atomic mass is 10.1. The number of hydrogen-bond donors (Lipinski definition) is 1. The summed E-state index contributed by atoms with van der Waals surface area (Å²) in [7, 11) is 0. The van der Waals surface area contributed by atoms with Gasteiger partial charge in [0.15, 0.2) is 5.82 Å². The van der Waals surface area contributed by atoms with E-state index in [1.165, 1.54) is 11.3 Å². The molecule has 30 heavy (non-hydrogen) atoms. The molecular formula is C23H23N5OS. The molecule has 5 rings (SSSR count). The third-order valence-electron chi connectivity index (χ3n) is 5.51. The zero-order valence-corrected chi connectivity index (χ0v) is 17.6. The van der Waals surface area contributed by atoms with E-state index < -0.39 is 0 Å². The molecule has 0 aliphatic carbocycles. The third kappa shape index (κ3) is 3.68. The molecule has 3 aromatic heterocycles. The molecule has 6 nitrogen and oxygen atoms in total. The van der Waals surface area contributed by atoms with Gasteiger partial charge >= 0.3 is 0 Å². The molecule has 1 N–H and O–H groups in total. The Kier molecular flexibility index (Phi) is 4.96. The van der Waals surface area contributed by atoms with Crippen LogP contribution in [-0.2, 0) is 0 Å². The molecule has 1 unspecified atom stereocenters. The maximum atomic E-state index is 12.6. The number of nitrogens with zero attached hydrogens (tertiary/aromatic N) is 4. The molecular weight excluding hydrogens is 394 g/mol. The highest BCUT2D eigenvalue weighted by Crippen LogP contribution is 2.27. The van der Waals surface area contributed by atoms with Gasteiger partial charge in [-0.25, -0.2) is 9.97 Å². The fourth-order valence-electron chi connectivity index (χ4n) is 3.99. The molecule has 1 aliphatic heterocycles. The summed E-state index contributed by atoms with van der Waals surface area (Å²) in [6, 6.07) is 14.1. The minimum Gasteiger partial charge on any atom is -0.355 e. The largest absolute Gasteiger partial charge is 0.355 e. The maximum Gasteiger partial charge on any atom is 0.270 e. The number of benzene rings is 1. The predicted octanol–water partition coefficient (Wildman–Crippen LogP) is 4.02. The topological polar surface area (TPSA) is 62.5 Å². The minimum atomic E-state index is -0.102. The third-order valence-corrected chi connectivity index (χ3v) is 6.40. The first-order valence-corrected chi connectivity index (χ1v) is 11.0. The van der Waals surface area contributed by atoms with Gasteiger partial charge in [-0.2, -0.15) is 0 Å². The summed E-state index contributed by atoms with van der Waals surface area (Å²) < 4.78 is 2.12. The van der Waals surface area contributed by atoms with E-state index in [2.05, 4.69) is 31.9 Å². The van der Waals surface area contributed by atoms with Crippen molar-refractivity contribution in [2.24, 2.45) is 5.92 Å². The molecule has 1 aliphatic rings. The van der Waals surface area contributed by atoms with E-state index in [9.17, 15) is 4.79 Å². The van der Waals surface area contributed by atoms with Crippen LogP contribution in [0.2, 0.25) is 0 Å². The fourth-order valence-corrected chi connectivity index (χ4v) is 4.80. The van der Waals surface area contributed by atoms with E-state index >= 15 is 0 Å². The lowest BCUT2D eigenvalue weighted by Gasteiger charge is -2.19. The van der Waals surface area contributed by atoms with E-state index in [1.807, 2.05) is 54.9 Å². The van der Waals surface area contributed by atoms with Crippen molar-refractivity contribution >= 4 is 28.6 Å². The molecule has 152 valence electrons. The first-order valence-electron chi connectivity index (χ1n) is 10.2. The van der Waals surface area contributed by atoms with Crippen molar-refractivity contribution < 1.29 is 4.79 Å². The first-order chi connectivity index (χ1) is 14.7. The van der Waals surface area contributed by atoms with Gasteiger partial charge in [-0.3, -0.25) is 4.79 Å². The summed E-state index contributed by atoms with van der Waals surface area (Å²) in [5, 5.41) is 5.78. The normalized spacial score (nSPS) is 16.3. The second kappa shape index (κ2) is 7.91. The maximum absolute atomic E-state index is 12.6. The van der Waals surface area contributed by atoms with Crippen molar-refractivity contribution in [3.05, 3.63) is 71.6 Å². The number of rotatable bonds is 5. The molecule has 0 spiro atoms. The second-order valence-electron chi connectivity index (χ2n) is 7.72. The van der Waals surface area contributed by atoms with Crippen molar-refractivity contribution in [1.29, 1.82) is 0 Å². The Labute approximate surface area is 179 Å². The molecule has 0 bridgehead atoms. The molecule has 1 amide bonds. The fraction of sp³-hybridized carbons (Fsp3) is 0.261. The zero-order chi connectivity index (χ0) is 20.5. The Morgan fingerprint density at radius 2 is 2.07 bits per heavy atom. The molecule has 0 radical (unpaired) electrons. The summed E-state index contributed by atoms with van der Waals surface area (Å²) in [5.74, 6) is 1.33. The summed E-state index contributed by atoms with van der Waals surface area (Å²) >= 11 is 1.50. The van der Waals surface area contributed by atoms with Gasteiger partial charge in [0, 0.05) is 43.0 Å². The average Bonchev–Trinajstić information content (AvgIpc) is 3.52. The number of anilines is 1. The van der Waals surface area contributed by atoms with Crippen LogP contribution in [0.5, 0.6) is 0 Å². The van der Waals surface area contributed by atoms with Gasteiger partial charge in [0.25, 0.3) is 5.91 Å². The molecule has 1 fully saturated rings. The Balaban J connectivity index is 1.21. The molecule has 1 saturated heterocycles. The average molecular weight is 418 g/mol. The van der Waals surface area contributed by atoms with Crippen molar-refractivity contribution in [3.8, 4) is 10.6 Å². The highest BCUT2D eigenvalue weighted by Gasteiger charge is 2.26. The van der Waals surface area contributed by atoms with Crippen LogP contribution in [0, 0.1) is 12.8 Å². The van der Waals surface area contributed by atoms with Crippen molar-refractivity contribution in [2.75, 3.05) is 24.5 Å². The minimum absolute atomic E-state index is 0.102. The lowest BCUT2D eigenvalue weighted by molar-refractivity contribution is 0.0944. The standard InChI is InChI=1S/C23H23N5OS/c1-16-13-27-10-5-8-20(27)21(25-16)28-11-9-17(14-28)12-24-22(29)19-15-30-23(26-19)18-6-3-2-4-7-18/h2-8,10,13,15,17H,9,11-12,14H2,1H3,(H,24,29). The van der Waals surface area contributed by atoms with E-state index in [-0.39, 0.29) is 5.91 Å². The highest BCUT2D eigenvalue weighted by molar-refractivity contribution is 7.13. The van der Waals surface area contributed by atoms with Crippen LogP contribution < -0.4 is 10.2 Å². The molecule has 4 aromatic rings. The van der Waals surface area contributed by atoms with Crippen LogP contribution in [0.25, 0.3) is 16.1 Å². The number of hydrogen-bond acceptors (Lipinski definition) is 5. The Morgan fingerprint density at radius 3 is 2.93 bits per heavy atom. The Bertz CT molecular complexity index is 1180. The number of fused-ring (bicyclic) bond motifs is 1. The second-order valence-corrected chi connectivity index (χ2v) is 8.58. The van der Waals surface area contributed by atoms with Crippen LogP contribution >= 0.6 is 11.3 Å². The van der Waals surface area contributed by atoms with Crippen LogP contribution in [0.1, 0.15) is 22.6 Å². The Morgan fingerprint density at radius 1 is 1.20 bits per heavy atom. The van der Waals surface area contributed by atoms with Crippen LogP contribution in [0.3, 0.4) is 0 Å². The van der Waals surface area contributed by atoms with Gasteiger partial charge < -0.3 is 14.6 Å². The van der Waals surface area contributed by atoms with Gasteiger partial charge in [0.1, 0.15) is 10.7 Å². The number of thiazole rings is 1. The monoisotopic (exact) mass is 417 g/mol. The van der Waals surface area contributed by atoms with Crippen molar-refractivity contribution in [2.45, 2.75) is 13.3 Å².